The first-order valence-electron chi connectivity index (χ1n) is 10.6. The molecule has 7 nitrogen and oxygen atoms in total. The first-order chi connectivity index (χ1) is 15.9. The fraction of sp³-hybridized carbons (Fsp3) is 0.333. The van der Waals surface area contributed by atoms with Crippen molar-refractivity contribution in [1.82, 2.24) is 9.80 Å². The molecule has 0 radical (unpaired) electrons. The van der Waals surface area contributed by atoms with Crippen molar-refractivity contribution < 1.29 is 23.5 Å². The lowest BCUT2D eigenvalue weighted by Crippen LogP contribution is -2.50. The first kappa shape index (κ1) is 24.5. The average Bonchev–Trinajstić information content (AvgIpc) is 2.78. The minimum Gasteiger partial charge on any atom is -0.491 e. The molecule has 3 rings (SSSR count). The molecule has 0 saturated carbocycles. The van der Waals surface area contributed by atoms with Crippen LogP contribution >= 0.6 is 11.6 Å². The molecule has 1 saturated heterocycles. The summed E-state index contributed by atoms with van der Waals surface area (Å²) in [5.41, 5.74) is 1.15. The standard InChI is InChI=1S/C24H27ClFN3O4/c1-3-33-21-14-17(13-20(25)24(21)32-2)7-8-23(31)29-11-9-28(10-12-29)16-22(30)27-19-6-4-5-18(26)15-19/h4-8,13-15H,3,9-12,16H2,1-2H3,(H,27,30)/b8-7+. The molecule has 1 aliphatic heterocycles. The van der Waals surface area contributed by atoms with Crippen molar-refractivity contribution in [2.75, 3.05) is 51.8 Å². The minimum absolute atomic E-state index is 0.122. The van der Waals surface area contributed by atoms with Gasteiger partial charge in [0.1, 0.15) is 5.82 Å². The third-order valence-corrected chi connectivity index (χ3v) is 5.39. The van der Waals surface area contributed by atoms with Gasteiger partial charge in [0.15, 0.2) is 11.5 Å². The summed E-state index contributed by atoms with van der Waals surface area (Å²) in [6, 6.07) is 9.25. The Morgan fingerprint density at radius 3 is 2.61 bits per heavy atom. The number of benzene rings is 2. The van der Waals surface area contributed by atoms with Gasteiger partial charge in [-0.05, 0) is 48.9 Å². The Labute approximate surface area is 197 Å². The topological polar surface area (TPSA) is 71.1 Å². The normalized spacial score (nSPS) is 14.4. The summed E-state index contributed by atoms with van der Waals surface area (Å²) in [6.45, 7) is 4.65. The molecule has 33 heavy (non-hydrogen) atoms. The van der Waals surface area contributed by atoms with Gasteiger partial charge >= 0.3 is 0 Å². The van der Waals surface area contributed by atoms with E-state index in [2.05, 4.69) is 5.32 Å². The predicted molar refractivity (Wildman–Crippen MR) is 126 cm³/mol. The summed E-state index contributed by atoms with van der Waals surface area (Å²) >= 11 is 6.26. The molecular formula is C24H27ClFN3O4. The van der Waals surface area contributed by atoms with Gasteiger partial charge < -0.3 is 19.7 Å². The van der Waals surface area contributed by atoms with Crippen molar-refractivity contribution in [3.05, 3.63) is 58.9 Å². The number of halogens is 2. The number of hydrogen-bond acceptors (Lipinski definition) is 5. The van der Waals surface area contributed by atoms with E-state index in [1.807, 2.05) is 11.8 Å². The Morgan fingerprint density at radius 2 is 1.94 bits per heavy atom. The summed E-state index contributed by atoms with van der Waals surface area (Å²) < 4.78 is 24.1. The highest BCUT2D eigenvalue weighted by Crippen LogP contribution is 2.36. The number of rotatable bonds is 8. The third kappa shape index (κ3) is 6.94. The maximum atomic E-state index is 13.3. The molecule has 0 atom stereocenters. The van der Waals surface area contributed by atoms with E-state index < -0.39 is 5.82 Å². The fourth-order valence-electron chi connectivity index (χ4n) is 3.51. The van der Waals surface area contributed by atoms with Gasteiger partial charge in [0.25, 0.3) is 0 Å². The maximum absolute atomic E-state index is 13.3. The Morgan fingerprint density at radius 1 is 1.18 bits per heavy atom. The SMILES string of the molecule is CCOc1cc(/C=C/C(=O)N2CCN(CC(=O)Nc3cccc(F)c3)CC2)cc(Cl)c1OC. The summed E-state index contributed by atoms with van der Waals surface area (Å²) in [7, 11) is 1.52. The molecule has 0 aromatic heterocycles. The van der Waals surface area contributed by atoms with E-state index in [1.54, 1.807) is 35.2 Å². The van der Waals surface area contributed by atoms with Crippen LogP contribution in [-0.2, 0) is 9.59 Å². The number of amides is 2. The number of ether oxygens (including phenoxy) is 2. The van der Waals surface area contributed by atoms with Crippen LogP contribution in [0, 0.1) is 5.82 Å². The van der Waals surface area contributed by atoms with E-state index in [0.717, 1.165) is 5.56 Å². The average molecular weight is 476 g/mol. The largest absolute Gasteiger partial charge is 0.491 e. The van der Waals surface area contributed by atoms with Gasteiger partial charge in [-0.1, -0.05) is 17.7 Å². The van der Waals surface area contributed by atoms with Crippen LogP contribution in [0.3, 0.4) is 0 Å². The molecule has 0 bridgehead atoms. The van der Waals surface area contributed by atoms with Gasteiger partial charge in [-0.15, -0.1) is 0 Å². The summed E-state index contributed by atoms with van der Waals surface area (Å²) in [5.74, 6) is 0.230. The second-order valence-corrected chi connectivity index (χ2v) is 7.87. The number of hydrogen-bond donors (Lipinski definition) is 1. The molecule has 9 heteroatoms. The molecule has 0 spiro atoms. The number of nitrogens with one attached hydrogen (secondary N) is 1. The third-order valence-electron chi connectivity index (χ3n) is 5.11. The van der Waals surface area contributed by atoms with Gasteiger partial charge in [0, 0.05) is 37.9 Å². The molecule has 176 valence electrons. The number of anilines is 1. The lowest BCUT2D eigenvalue weighted by Gasteiger charge is -2.33. The molecule has 0 aliphatic carbocycles. The van der Waals surface area contributed by atoms with Crippen LogP contribution in [-0.4, -0.2) is 68.1 Å². The number of piperazine rings is 1. The molecule has 2 amide bonds. The summed E-state index contributed by atoms with van der Waals surface area (Å²) in [4.78, 5) is 28.5. The predicted octanol–water partition coefficient (Wildman–Crippen LogP) is 3.68. The molecule has 1 fully saturated rings. The van der Waals surface area contributed by atoms with Crippen molar-refractivity contribution in [1.29, 1.82) is 0 Å². The van der Waals surface area contributed by atoms with Gasteiger partial charge in [-0.25, -0.2) is 4.39 Å². The number of methoxy groups -OCH3 is 1. The van der Waals surface area contributed by atoms with E-state index in [9.17, 15) is 14.0 Å². The van der Waals surface area contributed by atoms with E-state index >= 15 is 0 Å². The second-order valence-electron chi connectivity index (χ2n) is 7.46. The molecule has 1 aliphatic rings. The van der Waals surface area contributed by atoms with Gasteiger partial charge in [0.2, 0.25) is 11.8 Å². The van der Waals surface area contributed by atoms with Crippen LogP contribution in [0.15, 0.2) is 42.5 Å². The lowest BCUT2D eigenvalue weighted by molar-refractivity contribution is -0.127. The molecule has 1 heterocycles. The van der Waals surface area contributed by atoms with E-state index in [0.29, 0.717) is 55.0 Å². The number of carbonyl (C=O) groups excluding carboxylic acids is 2. The van der Waals surface area contributed by atoms with Crippen molar-refractivity contribution in [3.8, 4) is 11.5 Å². The van der Waals surface area contributed by atoms with Crippen molar-refractivity contribution in [3.63, 3.8) is 0 Å². The van der Waals surface area contributed by atoms with Crippen LogP contribution < -0.4 is 14.8 Å². The summed E-state index contributed by atoms with van der Waals surface area (Å²) in [5, 5.41) is 3.09. The van der Waals surface area contributed by atoms with Crippen molar-refractivity contribution >= 4 is 35.2 Å². The molecule has 1 N–H and O–H groups in total. The van der Waals surface area contributed by atoms with Gasteiger partial charge in [-0.3, -0.25) is 14.5 Å². The molecule has 2 aromatic carbocycles. The van der Waals surface area contributed by atoms with E-state index in [-0.39, 0.29) is 18.4 Å². The Bertz CT molecular complexity index is 1020. The Hall–Kier alpha value is -3.10. The van der Waals surface area contributed by atoms with Crippen LogP contribution in [0.25, 0.3) is 6.08 Å². The lowest BCUT2D eigenvalue weighted by atomic mass is 10.1. The second kappa shape index (κ2) is 11.7. The molecule has 2 aromatic rings. The smallest absolute Gasteiger partial charge is 0.246 e. The Balaban J connectivity index is 1.51. The highest BCUT2D eigenvalue weighted by Gasteiger charge is 2.21. The molecular weight excluding hydrogens is 449 g/mol. The van der Waals surface area contributed by atoms with Crippen molar-refractivity contribution in [2.45, 2.75) is 6.92 Å². The molecule has 0 unspecified atom stereocenters. The minimum atomic E-state index is -0.404. The highest BCUT2D eigenvalue weighted by molar-refractivity contribution is 6.32. The zero-order valence-corrected chi connectivity index (χ0v) is 19.4. The first-order valence-corrected chi connectivity index (χ1v) is 11.0. The number of nitrogens with zero attached hydrogens (tertiary/aromatic N) is 2. The Kier molecular flexibility index (Phi) is 8.68. The quantitative estimate of drug-likeness (QED) is 0.590. The van der Waals surface area contributed by atoms with Crippen LogP contribution in [0.1, 0.15) is 12.5 Å². The van der Waals surface area contributed by atoms with Crippen LogP contribution in [0.4, 0.5) is 10.1 Å². The van der Waals surface area contributed by atoms with Crippen LogP contribution in [0.2, 0.25) is 5.02 Å². The highest BCUT2D eigenvalue weighted by atomic mass is 35.5. The van der Waals surface area contributed by atoms with E-state index in [4.69, 9.17) is 21.1 Å². The van der Waals surface area contributed by atoms with Crippen molar-refractivity contribution in [2.24, 2.45) is 0 Å². The maximum Gasteiger partial charge on any atom is 0.246 e. The monoisotopic (exact) mass is 475 g/mol. The van der Waals surface area contributed by atoms with Crippen LogP contribution in [0.5, 0.6) is 11.5 Å². The van der Waals surface area contributed by atoms with Gasteiger partial charge in [-0.2, -0.15) is 0 Å². The van der Waals surface area contributed by atoms with Gasteiger partial charge in [0.05, 0.1) is 25.3 Å². The number of carbonyl (C=O) groups is 2. The van der Waals surface area contributed by atoms with E-state index in [1.165, 1.54) is 25.3 Å². The zero-order chi connectivity index (χ0) is 23.8. The summed E-state index contributed by atoms with van der Waals surface area (Å²) in [6.07, 6.45) is 3.19. The zero-order valence-electron chi connectivity index (χ0n) is 18.6. The fourth-order valence-corrected chi connectivity index (χ4v) is 3.81.